The molecule has 7 aromatic rings. The molecule has 11 rings (SSSR count). The molecule has 0 unspecified atom stereocenters. The monoisotopic (exact) mass is 1540 g/mol. The van der Waals surface area contributed by atoms with Crippen molar-refractivity contribution < 1.29 is 70.1 Å². The minimum absolute atomic E-state index is 0.0838. The van der Waals surface area contributed by atoms with Crippen LogP contribution in [0.3, 0.4) is 0 Å². The van der Waals surface area contributed by atoms with Gasteiger partial charge in [-0.1, -0.05) is 71.9 Å². The number of hydrogen-bond donors (Lipinski definition) is 2. The predicted molar refractivity (Wildman–Crippen MR) is 421 cm³/mol. The third-order valence-electron chi connectivity index (χ3n) is 21.2. The Kier molecular flexibility index (Phi) is 25.8. The first-order chi connectivity index (χ1) is 52.0. The number of nitrogens with one attached hydrogen (secondary N) is 2. The number of carbonyl (C=O) groups excluding carboxylic acids is 7. The van der Waals surface area contributed by atoms with Crippen molar-refractivity contribution in [2.24, 2.45) is 10.8 Å². The number of likely N-dealkylation sites (N-methyl/N-ethyl adjacent to an activating group) is 1. The molecule has 0 aliphatic carbocycles. The number of aromatic nitrogens is 2. The summed E-state index contributed by atoms with van der Waals surface area (Å²) in [5.41, 5.74) is 4.05. The lowest BCUT2D eigenvalue weighted by atomic mass is 9.85. The van der Waals surface area contributed by atoms with Crippen LogP contribution in [0.1, 0.15) is 191 Å². The molecule has 4 fully saturated rings. The summed E-state index contributed by atoms with van der Waals surface area (Å²) in [4.78, 5) is 103. The van der Waals surface area contributed by atoms with E-state index in [4.69, 9.17) is 18.9 Å². The van der Waals surface area contributed by atoms with Gasteiger partial charge < -0.3 is 58.3 Å². The van der Waals surface area contributed by atoms with Crippen LogP contribution in [0.15, 0.2) is 115 Å². The van der Waals surface area contributed by atoms with Gasteiger partial charge in [-0.15, -0.1) is 0 Å². The normalized spacial score (nSPS) is 17.7. The summed E-state index contributed by atoms with van der Waals surface area (Å²) in [7, 11) is 1.49. The van der Waals surface area contributed by atoms with Crippen molar-refractivity contribution in [2.75, 3.05) is 46.3 Å². The standard InChI is InChI=1S/C44H61F2N5O6.C43H52F2N4O5/c1-27(48(11)40(54)56-43(5,6)7)38(52)47-37(42(2,3)4)39(53)50-22-12-13-32(50)26-34-33-19-18-30(46)25-35(33)51(36(34)28-14-16-29(45)17-15-28)31-20-23-49(24-21-31)41(55)57-44(8,9)10;1-42(2,3)38(46-40(51)53-27-28-11-8-7-9-12-28)39(50)48-22-10-13-33(48)26-35-34-19-18-31(45)25-36(34)49(37(35)29-14-16-30(44)17-15-29)32-20-23-47(24-21-32)41(52)54-43(4,5)6/h14-19,25,27,31-32,37H,12-13,20-24,26H2,1-11H3,(H,47,52);7-9,11-12,14-19,25,32-33,38H,10,13,20-24,26-27H2,1-6H3,(H,46,51)/t27-,32-,37+;33-,38+/m00/s1. The largest absolute Gasteiger partial charge is 0.445 e. The minimum Gasteiger partial charge on any atom is -0.445 e. The molecule has 20 nitrogen and oxygen atoms in total. The van der Waals surface area contributed by atoms with Crippen molar-refractivity contribution in [3.8, 4) is 22.5 Å². The Hall–Kier alpha value is -9.61. The number of halogens is 4. The Morgan fingerprint density at radius 1 is 0.477 bits per heavy atom. The van der Waals surface area contributed by atoms with Gasteiger partial charge in [0, 0.05) is 81.3 Å². The fraction of sp³-hybridized carbons (Fsp3) is 0.529. The highest BCUT2D eigenvalue weighted by Crippen LogP contribution is 2.45. The second kappa shape index (κ2) is 34.2. The van der Waals surface area contributed by atoms with Gasteiger partial charge in [0.15, 0.2) is 0 Å². The summed E-state index contributed by atoms with van der Waals surface area (Å²) in [6, 6.07) is 28.2. The van der Waals surface area contributed by atoms with Gasteiger partial charge in [-0.2, -0.15) is 0 Å². The van der Waals surface area contributed by atoms with Gasteiger partial charge in [0.05, 0.1) is 22.4 Å². The molecule has 4 aliphatic rings. The number of nitrogens with zero attached hydrogens (tertiary/aromatic N) is 7. The van der Waals surface area contributed by atoms with Gasteiger partial charge in [0.25, 0.3) is 0 Å². The number of fused-ring (bicyclic) bond motifs is 2. The Balaban J connectivity index is 0.000000236. The molecule has 0 spiro atoms. The molecule has 5 aromatic carbocycles. The van der Waals surface area contributed by atoms with Gasteiger partial charge in [-0.05, 0) is 257 Å². The van der Waals surface area contributed by atoms with E-state index in [1.807, 2.05) is 123 Å². The summed E-state index contributed by atoms with van der Waals surface area (Å²) in [5.74, 6) is -2.40. The van der Waals surface area contributed by atoms with E-state index in [9.17, 15) is 42.3 Å². The third-order valence-corrected chi connectivity index (χ3v) is 21.2. The van der Waals surface area contributed by atoms with Gasteiger partial charge in [-0.25, -0.2) is 36.7 Å². The molecule has 5 atom stereocenters. The zero-order chi connectivity index (χ0) is 81.0. The van der Waals surface area contributed by atoms with Gasteiger partial charge in [0.1, 0.15) is 64.8 Å². The first kappa shape index (κ1) is 83.9. The lowest BCUT2D eigenvalue weighted by Crippen LogP contribution is -2.59. The van der Waals surface area contributed by atoms with E-state index in [1.54, 1.807) is 80.0 Å². The van der Waals surface area contributed by atoms with E-state index in [0.717, 1.165) is 69.2 Å². The number of carbonyl (C=O) groups is 7. The molecule has 0 radical (unpaired) electrons. The molecule has 600 valence electrons. The topological polar surface area (TPSA) is 207 Å². The number of piperidine rings is 2. The molecule has 0 saturated carbocycles. The number of rotatable bonds is 16. The summed E-state index contributed by atoms with van der Waals surface area (Å²) < 4.78 is 85.5. The fourth-order valence-electron chi connectivity index (χ4n) is 15.6. The average Bonchev–Trinajstić information content (AvgIpc) is 1.59. The second-order valence-electron chi connectivity index (χ2n) is 35.3. The first-order valence-electron chi connectivity index (χ1n) is 39.0. The number of likely N-dealkylation sites (tertiary alicyclic amines) is 4. The zero-order valence-electron chi connectivity index (χ0n) is 67.7. The van der Waals surface area contributed by atoms with E-state index in [0.29, 0.717) is 95.2 Å². The van der Waals surface area contributed by atoms with Crippen LogP contribution in [0, 0.1) is 34.1 Å². The predicted octanol–water partition coefficient (Wildman–Crippen LogP) is 17.5. The fourth-order valence-corrected chi connectivity index (χ4v) is 15.6. The van der Waals surface area contributed by atoms with E-state index in [2.05, 4.69) is 19.8 Å². The molecule has 4 saturated heterocycles. The SMILES string of the molecule is CC(C)(C)OC(=O)N1CCC(n2c(-c3ccc(F)cc3)c(C[C@@H]3CCCN3C(=O)[C@@H](NC(=O)OCc3ccccc3)C(C)(C)C)c3ccc(F)cc32)CC1.C[C@@H](C(=O)N[C@H](C(=O)N1CCC[C@H]1Cc1c(-c2ccc(F)cc2)n(C2CCN(C(=O)OC(C)(C)C)CC2)c2cc(F)ccc12)C(C)(C)C)N(C)C(=O)OC(C)(C)C. The molecular formula is C87H113F4N9O11. The van der Waals surface area contributed by atoms with Crippen LogP contribution in [0.5, 0.6) is 0 Å². The van der Waals surface area contributed by atoms with E-state index >= 15 is 8.78 Å². The van der Waals surface area contributed by atoms with Crippen LogP contribution in [0.25, 0.3) is 44.3 Å². The van der Waals surface area contributed by atoms with Crippen molar-refractivity contribution in [1.29, 1.82) is 0 Å². The summed E-state index contributed by atoms with van der Waals surface area (Å²) in [6.45, 7) is 32.2. The summed E-state index contributed by atoms with van der Waals surface area (Å²) >= 11 is 0. The van der Waals surface area contributed by atoms with Crippen LogP contribution in [0.4, 0.5) is 36.7 Å². The molecule has 2 N–H and O–H groups in total. The molecule has 6 heterocycles. The van der Waals surface area contributed by atoms with Gasteiger partial charge >= 0.3 is 24.4 Å². The summed E-state index contributed by atoms with van der Waals surface area (Å²) in [5, 5.41) is 7.53. The van der Waals surface area contributed by atoms with Crippen LogP contribution in [-0.4, -0.2) is 169 Å². The minimum atomic E-state index is -0.910. The quantitative estimate of drug-likeness (QED) is 0.0687. The maximum absolute atomic E-state index is 15.2. The highest BCUT2D eigenvalue weighted by Gasteiger charge is 2.45. The van der Waals surface area contributed by atoms with Crippen molar-refractivity contribution in [3.05, 3.63) is 155 Å². The average molecular weight is 1540 g/mol. The van der Waals surface area contributed by atoms with E-state index in [1.165, 1.54) is 54.4 Å². The molecule has 7 amide bonds. The number of benzene rings is 5. The highest BCUT2D eigenvalue weighted by atomic mass is 19.1. The third kappa shape index (κ3) is 20.8. The van der Waals surface area contributed by atoms with E-state index in [-0.39, 0.29) is 72.2 Å². The maximum atomic E-state index is 15.2. The van der Waals surface area contributed by atoms with Crippen molar-refractivity contribution in [2.45, 2.75) is 241 Å². The maximum Gasteiger partial charge on any atom is 0.410 e. The Morgan fingerprint density at radius 3 is 1.23 bits per heavy atom. The Bertz CT molecular complexity index is 4470. The van der Waals surface area contributed by atoms with Crippen LogP contribution in [-0.2, 0) is 52.8 Å². The summed E-state index contributed by atoms with van der Waals surface area (Å²) in [6.07, 6.45) is 4.27. The molecule has 4 aliphatic heterocycles. The number of alkyl carbamates (subject to hydrolysis) is 1. The Morgan fingerprint density at radius 2 is 0.856 bits per heavy atom. The van der Waals surface area contributed by atoms with Crippen molar-refractivity contribution >= 4 is 63.9 Å². The van der Waals surface area contributed by atoms with Crippen molar-refractivity contribution in [3.63, 3.8) is 0 Å². The van der Waals surface area contributed by atoms with E-state index < -0.39 is 69.7 Å². The first-order valence-corrected chi connectivity index (χ1v) is 39.0. The zero-order valence-corrected chi connectivity index (χ0v) is 67.7. The molecule has 24 heteroatoms. The molecular weight excluding hydrogens is 1420 g/mol. The lowest BCUT2D eigenvalue weighted by Gasteiger charge is -2.37. The highest BCUT2D eigenvalue weighted by molar-refractivity contribution is 5.95. The second-order valence-corrected chi connectivity index (χ2v) is 35.3. The lowest BCUT2D eigenvalue weighted by molar-refractivity contribution is -0.141. The van der Waals surface area contributed by atoms with Gasteiger partial charge in [-0.3, -0.25) is 19.3 Å². The number of ether oxygens (including phenoxy) is 4. The van der Waals surface area contributed by atoms with Crippen LogP contribution in [0.2, 0.25) is 0 Å². The molecule has 2 aromatic heterocycles. The molecule has 111 heavy (non-hydrogen) atoms. The Labute approximate surface area is 650 Å². The smallest absolute Gasteiger partial charge is 0.410 e. The van der Waals surface area contributed by atoms with Crippen molar-refractivity contribution in [1.82, 2.24) is 44.3 Å². The van der Waals surface area contributed by atoms with Crippen LogP contribution >= 0.6 is 0 Å². The number of hydrogen-bond acceptors (Lipinski definition) is 11. The van der Waals surface area contributed by atoms with Gasteiger partial charge in [0.2, 0.25) is 17.7 Å². The molecule has 0 bridgehead atoms. The van der Waals surface area contributed by atoms with Crippen LogP contribution < -0.4 is 10.6 Å². The number of amides is 7.